The first-order valence-electron chi connectivity index (χ1n) is 6.21. The summed E-state index contributed by atoms with van der Waals surface area (Å²) in [4.78, 5) is 2.57. The average Bonchev–Trinajstić information content (AvgIpc) is 2.63. The van der Waals surface area contributed by atoms with E-state index in [1.807, 2.05) is 11.8 Å². The average molecular weight is 230 g/mol. The van der Waals surface area contributed by atoms with Crippen LogP contribution in [-0.2, 0) is 0 Å². The summed E-state index contributed by atoms with van der Waals surface area (Å²) in [5, 5.41) is 3.74. The zero-order valence-electron chi connectivity index (χ0n) is 10.6. The molecule has 1 heterocycles. The van der Waals surface area contributed by atoms with Crippen molar-refractivity contribution in [3.8, 4) is 0 Å². The molecule has 1 aliphatic heterocycles. The maximum absolute atomic E-state index is 3.74. The first-order valence-corrected chi connectivity index (χ1v) is 7.36. The van der Waals surface area contributed by atoms with Crippen LogP contribution in [0.3, 0.4) is 0 Å². The van der Waals surface area contributed by atoms with Gasteiger partial charge in [0.05, 0.1) is 0 Å². The predicted molar refractivity (Wildman–Crippen MR) is 70.7 cm³/mol. The molecule has 1 aliphatic rings. The normalized spacial score (nSPS) is 25.0. The number of nitrogens with zero attached hydrogens (tertiary/aromatic N) is 1. The van der Waals surface area contributed by atoms with Gasteiger partial charge in [-0.15, -0.1) is 0 Å². The lowest BCUT2D eigenvalue weighted by Crippen LogP contribution is -2.40. The van der Waals surface area contributed by atoms with Crippen LogP contribution in [0.4, 0.5) is 0 Å². The molecular formula is C12H26N2S. The fourth-order valence-electron chi connectivity index (χ4n) is 2.14. The fourth-order valence-corrected chi connectivity index (χ4v) is 2.82. The lowest BCUT2D eigenvalue weighted by molar-refractivity contribution is 0.266. The van der Waals surface area contributed by atoms with Gasteiger partial charge in [-0.3, -0.25) is 4.90 Å². The number of hydrogen-bond donors (Lipinski definition) is 1. The van der Waals surface area contributed by atoms with Crippen LogP contribution >= 0.6 is 11.8 Å². The van der Waals surface area contributed by atoms with Gasteiger partial charge in [-0.25, -0.2) is 0 Å². The van der Waals surface area contributed by atoms with Crippen molar-refractivity contribution in [3.63, 3.8) is 0 Å². The van der Waals surface area contributed by atoms with Crippen molar-refractivity contribution >= 4 is 11.8 Å². The molecule has 2 unspecified atom stereocenters. The van der Waals surface area contributed by atoms with E-state index < -0.39 is 0 Å². The van der Waals surface area contributed by atoms with E-state index in [0.717, 1.165) is 6.04 Å². The van der Waals surface area contributed by atoms with Crippen LogP contribution in [0.25, 0.3) is 0 Å². The zero-order chi connectivity index (χ0) is 11.3. The summed E-state index contributed by atoms with van der Waals surface area (Å²) in [5.74, 6) is 2.48. The highest BCUT2D eigenvalue weighted by Gasteiger charge is 2.24. The van der Waals surface area contributed by atoms with Crippen molar-refractivity contribution in [1.29, 1.82) is 0 Å². The van der Waals surface area contributed by atoms with Gasteiger partial charge in [0.25, 0.3) is 0 Å². The molecule has 0 radical (unpaired) electrons. The Kier molecular flexibility index (Phi) is 6.02. The third-order valence-electron chi connectivity index (χ3n) is 3.04. The molecule has 0 aliphatic carbocycles. The lowest BCUT2D eigenvalue weighted by atomic mass is 10.2. The molecule has 3 heteroatoms. The molecule has 0 aromatic heterocycles. The Labute approximate surface area is 99.2 Å². The summed E-state index contributed by atoms with van der Waals surface area (Å²) < 4.78 is 0. The molecule has 1 saturated heterocycles. The van der Waals surface area contributed by atoms with Crippen LogP contribution in [0.15, 0.2) is 0 Å². The third-order valence-corrected chi connectivity index (χ3v) is 4.19. The van der Waals surface area contributed by atoms with Gasteiger partial charge in [0.1, 0.15) is 0 Å². The highest BCUT2D eigenvalue weighted by molar-refractivity contribution is 7.99. The number of rotatable bonds is 6. The van der Waals surface area contributed by atoms with Gasteiger partial charge >= 0.3 is 0 Å². The van der Waals surface area contributed by atoms with Crippen LogP contribution in [0.1, 0.15) is 34.1 Å². The second-order valence-electron chi connectivity index (χ2n) is 4.80. The van der Waals surface area contributed by atoms with E-state index in [9.17, 15) is 0 Å². The van der Waals surface area contributed by atoms with Crippen molar-refractivity contribution in [3.05, 3.63) is 0 Å². The highest BCUT2D eigenvalue weighted by atomic mass is 32.2. The van der Waals surface area contributed by atoms with Crippen molar-refractivity contribution in [2.24, 2.45) is 0 Å². The van der Waals surface area contributed by atoms with Crippen LogP contribution < -0.4 is 5.32 Å². The minimum Gasteiger partial charge on any atom is -0.309 e. The third kappa shape index (κ3) is 4.75. The Morgan fingerprint density at radius 2 is 2.13 bits per heavy atom. The molecule has 1 N–H and O–H groups in total. The van der Waals surface area contributed by atoms with Gasteiger partial charge in [-0.1, -0.05) is 6.92 Å². The largest absolute Gasteiger partial charge is 0.309 e. The van der Waals surface area contributed by atoms with Gasteiger partial charge in [0.2, 0.25) is 0 Å². The molecule has 1 fully saturated rings. The summed E-state index contributed by atoms with van der Waals surface area (Å²) in [7, 11) is 0. The molecule has 15 heavy (non-hydrogen) atoms. The molecule has 90 valence electrons. The lowest BCUT2D eigenvalue weighted by Gasteiger charge is -2.22. The maximum atomic E-state index is 3.74. The van der Waals surface area contributed by atoms with Crippen molar-refractivity contribution in [2.75, 3.05) is 24.6 Å². The molecular weight excluding hydrogens is 204 g/mol. The summed E-state index contributed by atoms with van der Waals surface area (Å²) in [6, 6.07) is 2.09. The quantitative estimate of drug-likeness (QED) is 0.753. The minimum atomic E-state index is 0.659. The first kappa shape index (κ1) is 13.3. The van der Waals surface area contributed by atoms with Gasteiger partial charge in [-0.2, -0.15) is 11.8 Å². The highest BCUT2D eigenvalue weighted by Crippen LogP contribution is 2.13. The monoisotopic (exact) mass is 230 g/mol. The summed E-state index contributed by atoms with van der Waals surface area (Å²) in [5.41, 5.74) is 0. The smallest absolute Gasteiger partial charge is 0.0210 e. The van der Waals surface area contributed by atoms with Crippen molar-refractivity contribution < 1.29 is 0 Å². The van der Waals surface area contributed by atoms with Crippen LogP contribution in [0, 0.1) is 0 Å². The SMILES string of the molecule is CCSCC(C)NC1CCN(C(C)C)C1. The second kappa shape index (κ2) is 6.77. The Morgan fingerprint density at radius 1 is 1.40 bits per heavy atom. The van der Waals surface area contributed by atoms with Crippen molar-refractivity contribution in [1.82, 2.24) is 10.2 Å². The molecule has 0 aromatic carbocycles. The van der Waals surface area contributed by atoms with E-state index in [1.54, 1.807) is 0 Å². The minimum absolute atomic E-state index is 0.659. The van der Waals surface area contributed by atoms with Crippen molar-refractivity contribution in [2.45, 2.75) is 52.2 Å². The first-order chi connectivity index (χ1) is 7.13. The van der Waals surface area contributed by atoms with Gasteiger partial charge in [0, 0.05) is 30.4 Å². The molecule has 1 rings (SSSR count). The van der Waals surface area contributed by atoms with E-state index >= 15 is 0 Å². The Hall–Kier alpha value is 0.270. The summed E-state index contributed by atoms with van der Waals surface area (Å²) in [6.07, 6.45) is 1.32. The molecule has 0 saturated carbocycles. The van der Waals surface area contributed by atoms with E-state index in [4.69, 9.17) is 0 Å². The zero-order valence-corrected chi connectivity index (χ0v) is 11.4. The van der Waals surface area contributed by atoms with Gasteiger partial charge in [0.15, 0.2) is 0 Å². The standard InChI is InChI=1S/C12H26N2S/c1-5-15-9-11(4)13-12-6-7-14(8-12)10(2)3/h10-13H,5-9H2,1-4H3. The Morgan fingerprint density at radius 3 is 2.67 bits per heavy atom. The number of nitrogens with one attached hydrogen (secondary N) is 1. The van der Waals surface area contributed by atoms with Crippen LogP contribution in [0.2, 0.25) is 0 Å². The fraction of sp³-hybridized carbons (Fsp3) is 1.00. The van der Waals surface area contributed by atoms with E-state index in [1.165, 1.54) is 31.0 Å². The Bertz CT molecular complexity index is 173. The molecule has 2 atom stereocenters. The topological polar surface area (TPSA) is 15.3 Å². The second-order valence-corrected chi connectivity index (χ2v) is 6.12. The van der Waals surface area contributed by atoms with E-state index in [-0.39, 0.29) is 0 Å². The molecule has 2 nitrogen and oxygen atoms in total. The molecule has 0 aromatic rings. The van der Waals surface area contributed by atoms with Gasteiger partial charge < -0.3 is 5.32 Å². The molecule has 0 bridgehead atoms. The number of likely N-dealkylation sites (tertiary alicyclic amines) is 1. The Balaban J connectivity index is 2.17. The maximum Gasteiger partial charge on any atom is 0.0210 e. The summed E-state index contributed by atoms with van der Waals surface area (Å²) in [6.45, 7) is 11.6. The van der Waals surface area contributed by atoms with Gasteiger partial charge in [-0.05, 0) is 39.5 Å². The predicted octanol–water partition coefficient (Wildman–Crippen LogP) is 2.20. The molecule has 0 spiro atoms. The summed E-state index contributed by atoms with van der Waals surface area (Å²) >= 11 is 2.03. The number of thioether (sulfide) groups is 1. The van der Waals surface area contributed by atoms with E-state index in [2.05, 4.69) is 37.9 Å². The number of hydrogen-bond acceptors (Lipinski definition) is 3. The van der Waals surface area contributed by atoms with E-state index in [0.29, 0.717) is 12.1 Å². The van der Waals surface area contributed by atoms with Crippen LogP contribution in [-0.4, -0.2) is 47.6 Å². The molecule has 0 amide bonds. The van der Waals surface area contributed by atoms with Crippen LogP contribution in [0.5, 0.6) is 0 Å².